The molecule has 1 spiro atoms. The third kappa shape index (κ3) is 1.89. The molecule has 1 atom stereocenters. The highest BCUT2D eigenvalue weighted by Gasteiger charge is 2.44. The van der Waals surface area contributed by atoms with Crippen LogP contribution >= 0.6 is 0 Å². The van der Waals surface area contributed by atoms with Gasteiger partial charge in [-0.25, -0.2) is 0 Å². The minimum atomic E-state index is 0.0958. The normalized spacial score (nSPS) is 25.2. The predicted molar refractivity (Wildman–Crippen MR) is 78.6 cm³/mol. The van der Waals surface area contributed by atoms with E-state index in [9.17, 15) is 4.79 Å². The van der Waals surface area contributed by atoms with E-state index in [-0.39, 0.29) is 5.54 Å². The maximum atomic E-state index is 11.8. The van der Waals surface area contributed by atoms with Crippen LogP contribution in [0.15, 0.2) is 18.2 Å². The van der Waals surface area contributed by atoms with Gasteiger partial charge in [-0.3, -0.25) is 4.79 Å². The van der Waals surface area contributed by atoms with Crippen LogP contribution in [0.25, 0.3) is 0 Å². The van der Waals surface area contributed by atoms with Crippen LogP contribution in [0.2, 0.25) is 0 Å². The number of aryl methyl sites for hydroxylation is 1. The second-order valence-electron chi connectivity index (χ2n) is 6.38. The fourth-order valence-corrected chi connectivity index (χ4v) is 4.24. The highest BCUT2D eigenvalue weighted by atomic mass is 16.1. The largest absolute Gasteiger partial charge is 0.308 e. The fourth-order valence-electron chi connectivity index (χ4n) is 4.24. The lowest BCUT2D eigenvalue weighted by molar-refractivity contribution is -0.109. The molecule has 1 aliphatic heterocycles. The lowest BCUT2D eigenvalue weighted by Gasteiger charge is -2.51. The number of fused-ring (bicyclic) bond motifs is 1. The first kappa shape index (κ1) is 12.7. The van der Waals surface area contributed by atoms with E-state index >= 15 is 0 Å². The molecule has 0 radical (unpaired) electrons. The zero-order valence-electron chi connectivity index (χ0n) is 12.0. The summed E-state index contributed by atoms with van der Waals surface area (Å²) in [6.07, 6.45) is 8.40. The molecular formula is C17H23NO. The molecule has 102 valence electrons. The third-order valence-electron chi connectivity index (χ3n) is 5.13. The monoisotopic (exact) mass is 257 g/mol. The van der Waals surface area contributed by atoms with E-state index in [1.54, 1.807) is 0 Å². The van der Waals surface area contributed by atoms with Gasteiger partial charge in [-0.15, -0.1) is 0 Å². The van der Waals surface area contributed by atoms with E-state index in [1.807, 2.05) is 0 Å². The number of para-hydroxylation sites is 1. The van der Waals surface area contributed by atoms with Gasteiger partial charge >= 0.3 is 0 Å². The van der Waals surface area contributed by atoms with E-state index in [0.717, 1.165) is 12.8 Å². The van der Waals surface area contributed by atoms with Crippen molar-refractivity contribution >= 4 is 12.1 Å². The molecule has 0 saturated heterocycles. The average Bonchev–Trinajstić information content (AvgIpc) is 2.41. The lowest BCUT2D eigenvalue weighted by atomic mass is 9.70. The van der Waals surface area contributed by atoms with Crippen molar-refractivity contribution < 1.29 is 4.79 Å². The van der Waals surface area contributed by atoms with Gasteiger partial charge in [0, 0.05) is 5.54 Å². The number of benzene rings is 1. The smallest absolute Gasteiger partial charge is 0.214 e. The molecule has 1 saturated carbocycles. The lowest BCUT2D eigenvalue weighted by Crippen LogP contribution is -2.53. The summed E-state index contributed by atoms with van der Waals surface area (Å²) >= 11 is 0. The quantitative estimate of drug-likeness (QED) is 0.691. The Morgan fingerprint density at radius 3 is 2.68 bits per heavy atom. The molecule has 1 unspecified atom stereocenters. The van der Waals surface area contributed by atoms with Crippen molar-refractivity contribution in [3.8, 4) is 0 Å². The van der Waals surface area contributed by atoms with Crippen LogP contribution in [0.1, 0.15) is 62.5 Å². The van der Waals surface area contributed by atoms with E-state index < -0.39 is 0 Å². The molecule has 3 rings (SSSR count). The molecule has 2 heteroatoms. The first-order valence-electron chi connectivity index (χ1n) is 7.52. The summed E-state index contributed by atoms with van der Waals surface area (Å²) in [5.41, 5.74) is 3.88. The SMILES string of the molecule is Cc1cccc2c1N(C=O)C1(CCCCC1)CC2C. The number of carbonyl (C=O) groups excluding carboxylic acids is 1. The summed E-state index contributed by atoms with van der Waals surface area (Å²) < 4.78 is 0. The summed E-state index contributed by atoms with van der Waals surface area (Å²) in [7, 11) is 0. The van der Waals surface area contributed by atoms with Gasteiger partial charge in [0.1, 0.15) is 0 Å². The Balaban J connectivity index is 2.13. The van der Waals surface area contributed by atoms with E-state index in [2.05, 4.69) is 36.9 Å². The molecule has 1 aromatic carbocycles. The second kappa shape index (κ2) is 4.66. The fraction of sp³-hybridized carbons (Fsp3) is 0.588. The summed E-state index contributed by atoms with van der Waals surface area (Å²) in [5.74, 6) is 0.559. The van der Waals surface area contributed by atoms with Gasteiger partial charge < -0.3 is 4.90 Å². The molecule has 1 aliphatic carbocycles. The third-order valence-corrected chi connectivity index (χ3v) is 5.13. The van der Waals surface area contributed by atoms with Crippen molar-refractivity contribution in [2.24, 2.45) is 0 Å². The molecule has 1 aromatic rings. The van der Waals surface area contributed by atoms with Crippen LogP contribution in [-0.2, 0) is 4.79 Å². The molecular weight excluding hydrogens is 234 g/mol. The number of hydrogen-bond donors (Lipinski definition) is 0. The highest BCUT2D eigenvalue weighted by molar-refractivity contribution is 5.83. The van der Waals surface area contributed by atoms with Gasteiger partial charge in [-0.1, -0.05) is 44.4 Å². The maximum Gasteiger partial charge on any atom is 0.214 e. The maximum absolute atomic E-state index is 11.8. The van der Waals surface area contributed by atoms with Gasteiger partial charge in [-0.05, 0) is 43.2 Å². The Morgan fingerprint density at radius 1 is 1.26 bits per heavy atom. The van der Waals surface area contributed by atoms with Gasteiger partial charge in [0.25, 0.3) is 0 Å². The Labute approximate surface area is 115 Å². The van der Waals surface area contributed by atoms with E-state index in [0.29, 0.717) is 5.92 Å². The molecule has 1 amide bonds. The first-order valence-corrected chi connectivity index (χ1v) is 7.52. The van der Waals surface area contributed by atoms with Crippen molar-refractivity contribution in [1.29, 1.82) is 0 Å². The second-order valence-corrected chi connectivity index (χ2v) is 6.38. The van der Waals surface area contributed by atoms with E-state index in [1.165, 1.54) is 48.9 Å². The zero-order valence-corrected chi connectivity index (χ0v) is 12.0. The molecule has 2 nitrogen and oxygen atoms in total. The van der Waals surface area contributed by atoms with Crippen LogP contribution in [-0.4, -0.2) is 11.9 Å². The summed E-state index contributed by atoms with van der Waals surface area (Å²) in [6, 6.07) is 6.44. The van der Waals surface area contributed by atoms with Crippen molar-refractivity contribution in [1.82, 2.24) is 0 Å². The van der Waals surface area contributed by atoms with Gasteiger partial charge in [0.05, 0.1) is 5.69 Å². The molecule has 0 N–H and O–H groups in total. The number of nitrogens with zero attached hydrogens (tertiary/aromatic N) is 1. The Morgan fingerprint density at radius 2 is 2.00 bits per heavy atom. The van der Waals surface area contributed by atoms with Crippen LogP contribution < -0.4 is 4.90 Å². The van der Waals surface area contributed by atoms with Crippen LogP contribution in [0.3, 0.4) is 0 Å². The van der Waals surface area contributed by atoms with Crippen molar-refractivity contribution in [2.45, 2.75) is 63.8 Å². The Bertz CT molecular complexity index is 488. The number of amides is 1. The Kier molecular flexibility index (Phi) is 3.12. The van der Waals surface area contributed by atoms with Crippen molar-refractivity contribution in [3.63, 3.8) is 0 Å². The highest BCUT2D eigenvalue weighted by Crippen LogP contribution is 2.49. The van der Waals surface area contributed by atoms with Crippen LogP contribution in [0, 0.1) is 6.92 Å². The number of anilines is 1. The first-order chi connectivity index (χ1) is 9.18. The number of carbonyl (C=O) groups is 1. The average molecular weight is 257 g/mol. The number of rotatable bonds is 1. The number of hydrogen-bond acceptors (Lipinski definition) is 1. The zero-order chi connectivity index (χ0) is 13.5. The van der Waals surface area contributed by atoms with Crippen molar-refractivity contribution in [3.05, 3.63) is 29.3 Å². The summed E-state index contributed by atoms with van der Waals surface area (Å²) in [4.78, 5) is 13.9. The summed E-state index contributed by atoms with van der Waals surface area (Å²) in [5, 5.41) is 0. The molecule has 0 aromatic heterocycles. The molecule has 1 fully saturated rings. The minimum Gasteiger partial charge on any atom is -0.308 e. The van der Waals surface area contributed by atoms with Crippen LogP contribution in [0.4, 0.5) is 5.69 Å². The van der Waals surface area contributed by atoms with E-state index in [4.69, 9.17) is 0 Å². The van der Waals surface area contributed by atoms with Gasteiger partial charge in [0.2, 0.25) is 6.41 Å². The predicted octanol–water partition coefficient (Wildman–Crippen LogP) is 4.17. The minimum absolute atomic E-state index is 0.0958. The van der Waals surface area contributed by atoms with Gasteiger partial charge in [0.15, 0.2) is 0 Å². The van der Waals surface area contributed by atoms with Gasteiger partial charge in [-0.2, -0.15) is 0 Å². The van der Waals surface area contributed by atoms with Crippen molar-refractivity contribution in [2.75, 3.05) is 4.90 Å². The molecule has 19 heavy (non-hydrogen) atoms. The topological polar surface area (TPSA) is 20.3 Å². The molecule has 0 bridgehead atoms. The Hall–Kier alpha value is -1.31. The molecule has 2 aliphatic rings. The molecule has 1 heterocycles. The summed E-state index contributed by atoms with van der Waals surface area (Å²) in [6.45, 7) is 4.45. The van der Waals surface area contributed by atoms with Crippen LogP contribution in [0.5, 0.6) is 0 Å². The standard InChI is InChI=1S/C17H23NO/c1-13-7-6-8-15-14(2)11-17(9-4-3-5-10-17)18(12-19)16(13)15/h6-8,12,14H,3-5,9-11H2,1-2H3.